The summed E-state index contributed by atoms with van der Waals surface area (Å²) in [6.45, 7) is 1.65. The molecule has 0 spiro atoms. The van der Waals surface area contributed by atoms with E-state index in [0.29, 0.717) is 22.2 Å². The van der Waals surface area contributed by atoms with Gasteiger partial charge in [-0.1, -0.05) is 36.4 Å². The molecule has 4 rings (SSSR count). The van der Waals surface area contributed by atoms with Crippen LogP contribution in [0.3, 0.4) is 0 Å². The Bertz CT molecular complexity index is 1030. The highest BCUT2D eigenvalue weighted by Gasteiger charge is 2.27. The van der Waals surface area contributed by atoms with Crippen LogP contribution in [0.1, 0.15) is 30.0 Å². The van der Waals surface area contributed by atoms with Gasteiger partial charge in [-0.25, -0.2) is 12.8 Å². The number of fused-ring (bicyclic) bond motifs is 1. The maximum Gasteiger partial charge on any atom is 0.258 e. The third kappa shape index (κ3) is 3.85. The maximum atomic E-state index is 14.6. The summed E-state index contributed by atoms with van der Waals surface area (Å²) in [7, 11) is -3.75. The van der Waals surface area contributed by atoms with E-state index in [2.05, 4.69) is 10.4 Å². The van der Waals surface area contributed by atoms with Crippen LogP contribution in [0.25, 0.3) is 10.9 Å². The molecule has 144 valence electrons. The van der Waals surface area contributed by atoms with Crippen molar-refractivity contribution in [1.82, 2.24) is 14.5 Å². The molecule has 0 amide bonds. The van der Waals surface area contributed by atoms with Crippen LogP contribution in [0.15, 0.2) is 48.5 Å². The molecule has 1 saturated heterocycles. The Balaban J connectivity index is 0.00000210. The minimum atomic E-state index is -3.75. The summed E-state index contributed by atoms with van der Waals surface area (Å²) in [5.41, 5.74) is 1.54. The second-order valence-corrected chi connectivity index (χ2v) is 8.43. The standard InChI is InChI=1S/C19H20FN3O2S.ClH/c20-16-7-4-8-17-18(16)19(15-9-11-21-12-10-15)22-23(17)26(24,25)13-14-5-2-1-3-6-14;/h1-8,15,21H,9-13H2;1H. The van der Waals surface area contributed by atoms with E-state index in [0.717, 1.165) is 30.0 Å². The van der Waals surface area contributed by atoms with Crippen molar-refractivity contribution in [2.75, 3.05) is 13.1 Å². The molecule has 1 N–H and O–H groups in total. The van der Waals surface area contributed by atoms with Gasteiger partial charge in [0.05, 0.1) is 22.3 Å². The number of piperidine rings is 1. The van der Waals surface area contributed by atoms with Gasteiger partial charge in [-0.3, -0.25) is 0 Å². The molecule has 2 heterocycles. The highest BCUT2D eigenvalue weighted by atomic mass is 35.5. The van der Waals surface area contributed by atoms with E-state index in [1.807, 2.05) is 6.07 Å². The van der Waals surface area contributed by atoms with Crippen molar-refractivity contribution in [1.29, 1.82) is 0 Å². The molecule has 8 heteroatoms. The van der Waals surface area contributed by atoms with Crippen LogP contribution in [0.4, 0.5) is 4.39 Å². The Morgan fingerprint density at radius 3 is 2.48 bits per heavy atom. The molecule has 27 heavy (non-hydrogen) atoms. The largest absolute Gasteiger partial charge is 0.317 e. The van der Waals surface area contributed by atoms with Crippen LogP contribution in [0.2, 0.25) is 0 Å². The minimum absolute atomic E-state index is 0. The summed E-state index contributed by atoms with van der Waals surface area (Å²) in [6, 6.07) is 13.5. The van der Waals surface area contributed by atoms with E-state index in [1.54, 1.807) is 30.3 Å². The summed E-state index contributed by atoms with van der Waals surface area (Å²) in [5.74, 6) is -0.534. The summed E-state index contributed by atoms with van der Waals surface area (Å²) in [4.78, 5) is 0. The molecule has 0 unspecified atom stereocenters. The van der Waals surface area contributed by atoms with Crippen LogP contribution < -0.4 is 5.32 Å². The topological polar surface area (TPSA) is 64.0 Å². The van der Waals surface area contributed by atoms with E-state index in [4.69, 9.17) is 0 Å². The smallest absolute Gasteiger partial charge is 0.258 e. The van der Waals surface area contributed by atoms with Crippen molar-refractivity contribution in [3.8, 4) is 0 Å². The van der Waals surface area contributed by atoms with Gasteiger partial charge in [0.25, 0.3) is 10.0 Å². The predicted molar refractivity (Wildman–Crippen MR) is 106 cm³/mol. The Hall–Kier alpha value is -1.96. The van der Waals surface area contributed by atoms with Crippen LogP contribution in [-0.4, -0.2) is 30.7 Å². The second kappa shape index (κ2) is 7.96. The van der Waals surface area contributed by atoms with Gasteiger partial charge in [-0.05, 0) is 43.6 Å². The quantitative estimate of drug-likeness (QED) is 0.716. The van der Waals surface area contributed by atoms with Crippen LogP contribution in [-0.2, 0) is 15.8 Å². The Morgan fingerprint density at radius 1 is 1.07 bits per heavy atom. The highest BCUT2D eigenvalue weighted by Crippen LogP contribution is 2.33. The fourth-order valence-electron chi connectivity index (χ4n) is 3.57. The van der Waals surface area contributed by atoms with Gasteiger partial charge in [0.1, 0.15) is 5.82 Å². The number of aromatic nitrogens is 2. The van der Waals surface area contributed by atoms with E-state index in [1.165, 1.54) is 12.1 Å². The van der Waals surface area contributed by atoms with Crippen molar-refractivity contribution in [2.24, 2.45) is 0 Å². The molecular weight excluding hydrogens is 389 g/mol. The second-order valence-electron chi connectivity index (χ2n) is 6.63. The first kappa shape index (κ1) is 19.8. The normalized spacial score (nSPS) is 15.6. The fourth-order valence-corrected chi connectivity index (χ4v) is 4.97. The maximum absolute atomic E-state index is 14.6. The molecule has 1 aliphatic heterocycles. The van der Waals surface area contributed by atoms with Gasteiger partial charge in [0, 0.05) is 5.92 Å². The first-order chi connectivity index (χ1) is 12.6. The first-order valence-corrected chi connectivity index (χ1v) is 10.3. The zero-order valence-corrected chi connectivity index (χ0v) is 16.3. The van der Waals surface area contributed by atoms with E-state index in [9.17, 15) is 12.8 Å². The number of benzene rings is 2. The average molecular weight is 410 g/mol. The van der Waals surface area contributed by atoms with Gasteiger partial charge in [0.15, 0.2) is 0 Å². The predicted octanol–water partition coefficient (Wildman–Crippen LogP) is 3.44. The van der Waals surface area contributed by atoms with Gasteiger partial charge < -0.3 is 5.32 Å². The van der Waals surface area contributed by atoms with Crippen LogP contribution >= 0.6 is 12.4 Å². The number of halogens is 2. The van der Waals surface area contributed by atoms with Crippen molar-refractivity contribution in [3.63, 3.8) is 0 Å². The lowest BCUT2D eigenvalue weighted by atomic mass is 9.92. The zero-order chi connectivity index (χ0) is 18.1. The monoisotopic (exact) mass is 409 g/mol. The van der Waals surface area contributed by atoms with E-state index < -0.39 is 15.8 Å². The summed E-state index contributed by atoms with van der Waals surface area (Å²) in [5, 5.41) is 8.00. The molecule has 2 aromatic carbocycles. The lowest BCUT2D eigenvalue weighted by molar-refractivity contribution is 0.452. The fraction of sp³-hybridized carbons (Fsp3) is 0.316. The molecule has 0 bridgehead atoms. The lowest BCUT2D eigenvalue weighted by Crippen LogP contribution is -2.27. The average Bonchev–Trinajstić information content (AvgIpc) is 3.05. The van der Waals surface area contributed by atoms with E-state index in [-0.39, 0.29) is 24.1 Å². The summed E-state index contributed by atoms with van der Waals surface area (Å²) >= 11 is 0. The van der Waals surface area contributed by atoms with Crippen molar-refractivity contribution in [3.05, 3.63) is 65.6 Å². The first-order valence-electron chi connectivity index (χ1n) is 8.71. The molecule has 1 fully saturated rings. The number of nitrogens with zero attached hydrogens (tertiary/aromatic N) is 2. The molecular formula is C19H21ClFN3O2S. The lowest BCUT2D eigenvalue weighted by Gasteiger charge is -2.21. The number of hydrogen-bond donors (Lipinski definition) is 1. The van der Waals surface area contributed by atoms with Gasteiger partial charge in [-0.2, -0.15) is 9.19 Å². The van der Waals surface area contributed by atoms with E-state index >= 15 is 0 Å². The van der Waals surface area contributed by atoms with Gasteiger partial charge >= 0.3 is 0 Å². The molecule has 0 radical (unpaired) electrons. The molecule has 0 atom stereocenters. The summed E-state index contributed by atoms with van der Waals surface area (Å²) < 4.78 is 41.6. The zero-order valence-electron chi connectivity index (χ0n) is 14.6. The third-order valence-electron chi connectivity index (χ3n) is 4.83. The number of nitrogens with one attached hydrogen (secondary N) is 1. The molecule has 0 aliphatic carbocycles. The van der Waals surface area contributed by atoms with Crippen LogP contribution in [0.5, 0.6) is 0 Å². The Morgan fingerprint density at radius 2 is 1.78 bits per heavy atom. The van der Waals surface area contributed by atoms with Gasteiger partial charge in [0.2, 0.25) is 0 Å². The van der Waals surface area contributed by atoms with Crippen molar-refractivity contribution >= 4 is 33.3 Å². The molecule has 1 aliphatic rings. The number of rotatable bonds is 4. The highest BCUT2D eigenvalue weighted by molar-refractivity contribution is 7.89. The molecule has 0 saturated carbocycles. The SMILES string of the molecule is Cl.O=S(=O)(Cc1ccccc1)n1nc(C2CCNCC2)c2c(F)cccc21. The Labute approximate surface area is 164 Å². The number of hydrogen-bond acceptors (Lipinski definition) is 4. The molecule has 5 nitrogen and oxygen atoms in total. The third-order valence-corrected chi connectivity index (χ3v) is 6.34. The molecule has 3 aromatic rings. The van der Waals surface area contributed by atoms with Crippen molar-refractivity contribution < 1.29 is 12.8 Å². The van der Waals surface area contributed by atoms with Crippen LogP contribution in [0, 0.1) is 5.82 Å². The Kier molecular flexibility index (Phi) is 5.83. The van der Waals surface area contributed by atoms with Crippen molar-refractivity contribution in [2.45, 2.75) is 24.5 Å². The summed E-state index contributed by atoms with van der Waals surface area (Å²) in [6.07, 6.45) is 1.64. The molecule has 1 aromatic heterocycles. The minimum Gasteiger partial charge on any atom is -0.317 e. The van der Waals surface area contributed by atoms with Gasteiger partial charge in [-0.15, -0.1) is 12.4 Å².